The average molecular weight is 378 g/mol. The second-order valence-corrected chi connectivity index (χ2v) is 8.21. The van der Waals surface area contributed by atoms with Crippen LogP contribution in [0.5, 0.6) is 0 Å². The number of fused-ring (bicyclic) bond motifs is 3. The lowest BCUT2D eigenvalue weighted by Gasteiger charge is -2.44. The summed E-state index contributed by atoms with van der Waals surface area (Å²) in [5.41, 5.74) is 5.87. The van der Waals surface area contributed by atoms with Crippen LogP contribution in [0.4, 0.5) is 10.1 Å². The zero-order valence-electron chi connectivity index (χ0n) is 11.4. The van der Waals surface area contributed by atoms with Crippen LogP contribution in [-0.2, 0) is 10.0 Å². The molecule has 3 aliphatic heterocycles. The number of nitrogens with two attached hydrogens (primary N) is 1. The maximum Gasteiger partial charge on any atom is 0.243 e. The van der Waals surface area contributed by atoms with Gasteiger partial charge < -0.3 is 10.6 Å². The molecule has 3 N–H and O–H groups in total. The van der Waals surface area contributed by atoms with Crippen LogP contribution in [0, 0.1) is 11.7 Å². The highest BCUT2D eigenvalue weighted by Crippen LogP contribution is 2.30. The van der Waals surface area contributed by atoms with E-state index in [1.807, 2.05) is 0 Å². The molecule has 5 nitrogen and oxygen atoms in total. The van der Waals surface area contributed by atoms with Crippen molar-refractivity contribution in [3.63, 3.8) is 0 Å². The standard InChI is InChI=1S/C13H17BrFN3O2S/c14-9-5-10(15)13(6-11(9)16)21(19,20)17-12-7-18-3-1-8(12)2-4-18/h5-6,8,12,17H,1-4,7,16H2. The lowest BCUT2D eigenvalue weighted by molar-refractivity contribution is 0.0827. The lowest BCUT2D eigenvalue weighted by Crippen LogP contribution is -2.57. The minimum Gasteiger partial charge on any atom is -0.398 e. The Morgan fingerprint density at radius 1 is 1.33 bits per heavy atom. The minimum atomic E-state index is -3.90. The van der Waals surface area contributed by atoms with Crippen molar-refractivity contribution in [3.05, 3.63) is 22.4 Å². The van der Waals surface area contributed by atoms with Crippen LogP contribution in [0.25, 0.3) is 0 Å². The molecule has 1 atom stereocenters. The highest BCUT2D eigenvalue weighted by molar-refractivity contribution is 9.10. The molecular weight excluding hydrogens is 361 g/mol. The molecule has 0 saturated carbocycles. The first-order valence-corrected chi connectivity index (χ1v) is 9.13. The van der Waals surface area contributed by atoms with E-state index in [4.69, 9.17) is 5.73 Å². The van der Waals surface area contributed by atoms with Crippen LogP contribution in [-0.4, -0.2) is 39.0 Å². The molecule has 3 saturated heterocycles. The maximum atomic E-state index is 14.0. The van der Waals surface area contributed by atoms with Gasteiger partial charge >= 0.3 is 0 Å². The van der Waals surface area contributed by atoms with Crippen molar-refractivity contribution in [2.75, 3.05) is 25.4 Å². The minimum absolute atomic E-state index is 0.151. The van der Waals surface area contributed by atoms with Crippen LogP contribution >= 0.6 is 15.9 Å². The molecule has 8 heteroatoms. The summed E-state index contributed by atoms with van der Waals surface area (Å²) in [6, 6.07) is 2.09. The number of nitrogens with one attached hydrogen (secondary N) is 1. The van der Waals surface area contributed by atoms with Crippen LogP contribution in [0.2, 0.25) is 0 Å². The molecule has 2 bridgehead atoms. The normalized spacial score (nSPS) is 28.8. The zero-order chi connectivity index (χ0) is 15.2. The highest BCUT2D eigenvalue weighted by Gasteiger charge is 2.37. The largest absolute Gasteiger partial charge is 0.398 e. The predicted octanol–water partition coefficient (Wildman–Crippen LogP) is 1.54. The van der Waals surface area contributed by atoms with Crippen molar-refractivity contribution >= 4 is 31.6 Å². The quantitative estimate of drug-likeness (QED) is 0.783. The van der Waals surface area contributed by atoms with E-state index in [0.717, 1.165) is 38.1 Å². The van der Waals surface area contributed by atoms with E-state index in [0.29, 0.717) is 16.9 Å². The molecule has 0 radical (unpaired) electrons. The molecule has 3 aliphatic rings. The Morgan fingerprint density at radius 2 is 2.00 bits per heavy atom. The summed E-state index contributed by atoms with van der Waals surface area (Å²) in [6.07, 6.45) is 1.97. The topological polar surface area (TPSA) is 75.4 Å². The van der Waals surface area contributed by atoms with Gasteiger partial charge in [-0.1, -0.05) is 0 Å². The number of hydrogen-bond acceptors (Lipinski definition) is 4. The molecule has 3 fully saturated rings. The van der Waals surface area contributed by atoms with Gasteiger partial charge in [0.15, 0.2) is 0 Å². The molecule has 4 rings (SSSR count). The van der Waals surface area contributed by atoms with E-state index in [9.17, 15) is 12.8 Å². The van der Waals surface area contributed by atoms with Crippen LogP contribution in [0.1, 0.15) is 12.8 Å². The molecule has 0 aromatic heterocycles. The second-order valence-electron chi connectivity index (χ2n) is 5.67. The van der Waals surface area contributed by atoms with Gasteiger partial charge in [0, 0.05) is 22.7 Å². The molecule has 0 aliphatic carbocycles. The van der Waals surface area contributed by atoms with Crippen molar-refractivity contribution in [3.8, 4) is 0 Å². The fourth-order valence-corrected chi connectivity index (χ4v) is 4.82. The van der Waals surface area contributed by atoms with Gasteiger partial charge in [0.25, 0.3) is 0 Å². The molecular formula is C13H17BrFN3O2S. The smallest absolute Gasteiger partial charge is 0.243 e. The second kappa shape index (κ2) is 5.49. The summed E-state index contributed by atoms with van der Waals surface area (Å²) in [6.45, 7) is 2.72. The number of sulfonamides is 1. The van der Waals surface area contributed by atoms with Gasteiger partial charge in [0.05, 0.1) is 0 Å². The monoisotopic (exact) mass is 377 g/mol. The molecule has 0 spiro atoms. The number of hydrogen-bond donors (Lipinski definition) is 2. The van der Waals surface area contributed by atoms with Crippen molar-refractivity contribution in [2.24, 2.45) is 5.92 Å². The summed E-state index contributed by atoms with van der Waals surface area (Å²) in [5.74, 6) is -0.467. The van der Waals surface area contributed by atoms with E-state index >= 15 is 0 Å². The Morgan fingerprint density at radius 3 is 2.57 bits per heavy atom. The number of nitrogen functional groups attached to an aromatic ring is 1. The van der Waals surface area contributed by atoms with Gasteiger partial charge in [-0.15, -0.1) is 0 Å². The third-order valence-corrected chi connectivity index (χ3v) is 6.50. The Bertz CT molecular complexity index is 660. The first kappa shape index (κ1) is 15.2. The Kier molecular flexibility index (Phi) is 3.98. The van der Waals surface area contributed by atoms with E-state index in [1.54, 1.807) is 0 Å². The van der Waals surface area contributed by atoms with Crippen molar-refractivity contribution in [1.82, 2.24) is 9.62 Å². The fraction of sp³-hybridized carbons (Fsp3) is 0.538. The molecule has 21 heavy (non-hydrogen) atoms. The maximum absolute atomic E-state index is 14.0. The van der Waals surface area contributed by atoms with E-state index in [2.05, 4.69) is 25.6 Å². The summed E-state index contributed by atoms with van der Waals surface area (Å²) >= 11 is 3.09. The van der Waals surface area contributed by atoms with Gasteiger partial charge in [-0.25, -0.2) is 17.5 Å². The number of halogens is 2. The zero-order valence-corrected chi connectivity index (χ0v) is 13.8. The summed E-state index contributed by atoms with van der Waals surface area (Å²) in [4.78, 5) is 1.85. The van der Waals surface area contributed by atoms with Gasteiger partial charge in [-0.3, -0.25) is 0 Å². The number of nitrogens with zero attached hydrogens (tertiary/aromatic N) is 1. The van der Waals surface area contributed by atoms with Crippen LogP contribution in [0.3, 0.4) is 0 Å². The summed E-state index contributed by atoms with van der Waals surface area (Å²) < 4.78 is 41.8. The fourth-order valence-electron chi connectivity index (χ4n) is 3.11. The molecule has 1 aromatic carbocycles. The van der Waals surface area contributed by atoms with Gasteiger partial charge in [-0.05, 0) is 59.9 Å². The molecule has 116 valence electrons. The molecule has 3 heterocycles. The van der Waals surface area contributed by atoms with Crippen molar-refractivity contribution in [1.29, 1.82) is 0 Å². The molecule has 1 unspecified atom stereocenters. The molecule has 1 aromatic rings. The Labute approximate surface area is 131 Å². The van der Waals surface area contributed by atoms with Crippen LogP contribution in [0.15, 0.2) is 21.5 Å². The SMILES string of the molecule is Nc1cc(S(=O)(=O)NC2CN3CCC2CC3)c(F)cc1Br. The van der Waals surface area contributed by atoms with Gasteiger partial charge in [-0.2, -0.15) is 0 Å². The highest BCUT2D eigenvalue weighted by atomic mass is 79.9. The van der Waals surface area contributed by atoms with Gasteiger partial charge in [0.2, 0.25) is 10.0 Å². The van der Waals surface area contributed by atoms with E-state index < -0.39 is 15.8 Å². The third kappa shape index (κ3) is 2.94. The van der Waals surface area contributed by atoms with Gasteiger partial charge in [0.1, 0.15) is 10.7 Å². The number of anilines is 1. The summed E-state index contributed by atoms with van der Waals surface area (Å²) in [5, 5.41) is 0. The van der Waals surface area contributed by atoms with E-state index in [1.165, 1.54) is 0 Å². The third-order valence-electron chi connectivity index (χ3n) is 4.30. The van der Waals surface area contributed by atoms with Crippen LogP contribution < -0.4 is 10.5 Å². The average Bonchev–Trinajstić information content (AvgIpc) is 2.43. The lowest BCUT2D eigenvalue weighted by atomic mass is 9.85. The van der Waals surface area contributed by atoms with E-state index in [-0.39, 0.29) is 16.6 Å². The first-order valence-electron chi connectivity index (χ1n) is 6.86. The number of piperidine rings is 3. The predicted molar refractivity (Wildman–Crippen MR) is 81.8 cm³/mol. The molecule has 0 amide bonds. The van der Waals surface area contributed by atoms with Crippen molar-refractivity contribution < 1.29 is 12.8 Å². The van der Waals surface area contributed by atoms with Crippen molar-refractivity contribution in [2.45, 2.75) is 23.8 Å². The number of rotatable bonds is 3. The summed E-state index contributed by atoms with van der Waals surface area (Å²) in [7, 11) is -3.90. The Hall–Kier alpha value is -0.700. The Balaban J connectivity index is 1.86. The number of benzene rings is 1. The first-order chi connectivity index (χ1) is 9.87.